The van der Waals surface area contributed by atoms with E-state index in [1.807, 2.05) is 27.0 Å². The van der Waals surface area contributed by atoms with Crippen molar-refractivity contribution in [3.05, 3.63) is 51.4 Å². The number of aromatic nitrogens is 2. The zero-order valence-corrected chi connectivity index (χ0v) is 18.8. The van der Waals surface area contributed by atoms with Crippen molar-refractivity contribution in [3.63, 3.8) is 0 Å². The topological polar surface area (TPSA) is 47.4 Å². The Kier molecular flexibility index (Phi) is 4.95. The van der Waals surface area contributed by atoms with Crippen LogP contribution in [0.15, 0.2) is 36.7 Å². The summed E-state index contributed by atoms with van der Waals surface area (Å²) in [6.07, 6.45) is 4.32. The molecule has 1 aromatic carbocycles. The molecule has 1 aliphatic heterocycles. The van der Waals surface area contributed by atoms with Gasteiger partial charge in [0.2, 0.25) is 0 Å². The number of hydrogen-bond acceptors (Lipinski definition) is 4. The number of carbonyl (C=O) groups is 1. The van der Waals surface area contributed by atoms with Gasteiger partial charge in [0, 0.05) is 40.0 Å². The first-order valence-corrected chi connectivity index (χ1v) is 10.5. The number of pyridine rings is 1. The molecule has 0 aliphatic carbocycles. The van der Waals surface area contributed by atoms with Crippen molar-refractivity contribution >= 4 is 39.7 Å². The van der Waals surface area contributed by atoms with Crippen molar-refractivity contribution in [2.45, 2.75) is 39.3 Å². The molecule has 0 radical (unpaired) electrons. The van der Waals surface area contributed by atoms with Crippen LogP contribution in [0.25, 0.3) is 22.2 Å². The number of benzene rings is 1. The Morgan fingerprint density at radius 2 is 1.96 bits per heavy atom. The lowest BCUT2D eigenvalue weighted by molar-refractivity contribution is 0.0543. The average Bonchev–Trinajstić information content (AvgIpc) is 2.96. The van der Waals surface area contributed by atoms with E-state index in [2.05, 4.69) is 63.8 Å². The molecule has 0 saturated carbocycles. The minimum Gasteiger partial charge on any atom is -0.443 e. The van der Waals surface area contributed by atoms with Crippen LogP contribution in [0.3, 0.4) is 0 Å². The van der Waals surface area contributed by atoms with Crippen LogP contribution in [0.5, 0.6) is 0 Å². The van der Waals surface area contributed by atoms with Crippen LogP contribution in [-0.2, 0) is 17.7 Å². The molecular formula is C22H24IN3O2. The summed E-state index contributed by atoms with van der Waals surface area (Å²) in [6.45, 7) is 7.67. The predicted molar refractivity (Wildman–Crippen MR) is 120 cm³/mol. The van der Waals surface area contributed by atoms with Gasteiger partial charge >= 0.3 is 6.09 Å². The Balaban J connectivity index is 1.72. The summed E-state index contributed by atoms with van der Waals surface area (Å²) in [5.41, 5.74) is 5.11. The molecule has 0 N–H and O–H groups in total. The third-order valence-corrected chi connectivity index (χ3v) is 5.79. The summed E-state index contributed by atoms with van der Waals surface area (Å²) >= 11 is 2.25. The fourth-order valence-corrected chi connectivity index (χ4v) is 4.23. The van der Waals surface area contributed by atoms with Crippen molar-refractivity contribution in [3.8, 4) is 11.1 Å². The zero-order valence-electron chi connectivity index (χ0n) is 16.6. The fraction of sp³-hybridized carbons (Fsp3) is 0.364. The van der Waals surface area contributed by atoms with E-state index < -0.39 is 11.7 Å². The highest BCUT2D eigenvalue weighted by Gasteiger charge is 2.21. The average molecular weight is 489 g/mol. The highest BCUT2D eigenvalue weighted by Crippen LogP contribution is 2.30. The summed E-state index contributed by atoms with van der Waals surface area (Å²) in [5, 5.41) is 0.957. The number of hydrogen-bond donors (Lipinski definition) is 0. The molecule has 146 valence electrons. The molecule has 6 heteroatoms. The zero-order chi connectivity index (χ0) is 20.1. The normalized spacial score (nSPS) is 14.9. The molecule has 0 spiro atoms. The van der Waals surface area contributed by atoms with Gasteiger partial charge in [-0.3, -0.25) is 0 Å². The van der Waals surface area contributed by atoms with Gasteiger partial charge in [0.15, 0.2) is 5.65 Å². The summed E-state index contributed by atoms with van der Waals surface area (Å²) in [5.74, 6) is 0. The van der Waals surface area contributed by atoms with E-state index in [0.717, 1.165) is 39.6 Å². The van der Waals surface area contributed by atoms with Gasteiger partial charge in [-0.1, -0.05) is 12.1 Å². The van der Waals surface area contributed by atoms with Crippen molar-refractivity contribution in [1.29, 1.82) is 0 Å². The lowest BCUT2D eigenvalue weighted by atomic mass is 9.95. The van der Waals surface area contributed by atoms with Crippen LogP contribution < -0.4 is 0 Å². The van der Waals surface area contributed by atoms with Gasteiger partial charge in [0.25, 0.3) is 0 Å². The molecule has 0 unspecified atom stereocenters. The molecule has 4 rings (SSSR count). The van der Waals surface area contributed by atoms with E-state index in [0.29, 0.717) is 5.65 Å². The number of halogens is 1. The highest BCUT2D eigenvalue weighted by molar-refractivity contribution is 14.1. The second-order valence-electron chi connectivity index (χ2n) is 8.39. The van der Waals surface area contributed by atoms with Crippen LogP contribution in [0.1, 0.15) is 31.9 Å². The second kappa shape index (κ2) is 7.15. The van der Waals surface area contributed by atoms with Gasteiger partial charge in [-0.15, -0.1) is 0 Å². The Morgan fingerprint density at radius 1 is 1.18 bits per heavy atom. The lowest BCUT2D eigenvalue weighted by Crippen LogP contribution is -2.26. The number of nitrogens with zero attached hydrogens (tertiary/aromatic N) is 3. The molecule has 3 heterocycles. The smallest absolute Gasteiger partial charge is 0.420 e. The molecule has 0 saturated heterocycles. The van der Waals surface area contributed by atoms with E-state index in [9.17, 15) is 4.79 Å². The van der Waals surface area contributed by atoms with Gasteiger partial charge in [-0.25, -0.2) is 14.3 Å². The standard InChI is InChI=1S/C22H24IN3O2/c1-22(2,3)28-21(27)26-13-19(23)18-10-16(11-24-20(18)26)15-6-5-14-7-8-25(4)12-17(14)9-15/h5-6,9-11,13H,7-8,12H2,1-4H3. The van der Waals surface area contributed by atoms with Crippen molar-refractivity contribution in [2.75, 3.05) is 13.6 Å². The molecule has 0 atom stereocenters. The highest BCUT2D eigenvalue weighted by atomic mass is 127. The van der Waals surface area contributed by atoms with Crippen LogP contribution in [0.4, 0.5) is 4.79 Å². The molecular weight excluding hydrogens is 465 g/mol. The Labute approximate surface area is 178 Å². The summed E-state index contributed by atoms with van der Waals surface area (Å²) in [7, 11) is 2.16. The SMILES string of the molecule is CN1CCc2ccc(-c3cnc4c(c3)c(I)cn4C(=O)OC(C)(C)C)cc2C1. The van der Waals surface area contributed by atoms with Gasteiger partial charge in [0.1, 0.15) is 5.60 Å². The molecule has 2 aromatic heterocycles. The maximum atomic E-state index is 12.5. The van der Waals surface area contributed by atoms with Crippen LogP contribution >= 0.6 is 22.6 Å². The number of likely N-dealkylation sites (N-methyl/N-ethyl adjacent to an activating group) is 1. The maximum Gasteiger partial charge on any atom is 0.420 e. The van der Waals surface area contributed by atoms with Gasteiger partial charge in [-0.2, -0.15) is 0 Å². The first-order chi connectivity index (χ1) is 13.2. The number of rotatable bonds is 1. The summed E-state index contributed by atoms with van der Waals surface area (Å²) in [4.78, 5) is 19.5. The molecule has 0 fully saturated rings. The monoisotopic (exact) mass is 489 g/mol. The van der Waals surface area contributed by atoms with Gasteiger partial charge < -0.3 is 9.64 Å². The predicted octanol–water partition coefficient (Wildman–Crippen LogP) is 5.08. The molecule has 5 nitrogen and oxygen atoms in total. The third-order valence-electron chi connectivity index (χ3n) is 4.93. The van der Waals surface area contributed by atoms with Crippen LogP contribution in [0.2, 0.25) is 0 Å². The quantitative estimate of drug-likeness (QED) is 0.448. The second-order valence-corrected chi connectivity index (χ2v) is 9.56. The Bertz CT molecular complexity index is 1070. The summed E-state index contributed by atoms with van der Waals surface area (Å²) in [6, 6.07) is 8.79. The van der Waals surface area contributed by atoms with E-state index in [1.54, 1.807) is 6.20 Å². The largest absolute Gasteiger partial charge is 0.443 e. The molecule has 0 amide bonds. The first kappa shape index (κ1) is 19.4. The van der Waals surface area contributed by atoms with Crippen LogP contribution in [-0.4, -0.2) is 39.7 Å². The summed E-state index contributed by atoms with van der Waals surface area (Å²) < 4.78 is 7.98. The molecule has 28 heavy (non-hydrogen) atoms. The number of ether oxygens (including phenoxy) is 1. The Morgan fingerprint density at radius 3 is 2.71 bits per heavy atom. The van der Waals surface area contributed by atoms with Gasteiger partial charge in [-0.05, 0) is 85.7 Å². The third kappa shape index (κ3) is 3.80. The van der Waals surface area contributed by atoms with E-state index in [4.69, 9.17) is 4.74 Å². The minimum absolute atomic E-state index is 0.405. The van der Waals surface area contributed by atoms with Crippen molar-refractivity contribution in [1.82, 2.24) is 14.5 Å². The van der Waals surface area contributed by atoms with Crippen LogP contribution in [0, 0.1) is 3.57 Å². The van der Waals surface area contributed by atoms with Crippen molar-refractivity contribution < 1.29 is 9.53 Å². The number of fused-ring (bicyclic) bond motifs is 2. The maximum absolute atomic E-state index is 12.5. The van der Waals surface area contributed by atoms with E-state index in [1.165, 1.54) is 15.7 Å². The molecule has 0 bridgehead atoms. The van der Waals surface area contributed by atoms with E-state index in [-0.39, 0.29) is 0 Å². The molecule has 1 aliphatic rings. The van der Waals surface area contributed by atoms with Crippen molar-refractivity contribution in [2.24, 2.45) is 0 Å². The lowest BCUT2D eigenvalue weighted by Gasteiger charge is -2.25. The minimum atomic E-state index is -0.546. The fourth-order valence-electron chi connectivity index (χ4n) is 3.56. The van der Waals surface area contributed by atoms with Gasteiger partial charge in [0.05, 0.1) is 0 Å². The molecule has 3 aromatic rings. The number of carbonyl (C=O) groups excluding carboxylic acids is 1. The Hall–Kier alpha value is -1.93. The van der Waals surface area contributed by atoms with E-state index >= 15 is 0 Å². The first-order valence-electron chi connectivity index (χ1n) is 9.42.